The molecule has 7 nitrogen and oxygen atoms in total. The lowest BCUT2D eigenvalue weighted by Gasteiger charge is -2.28. The summed E-state index contributed by atoms with van der Waals surface area (Å²) in [7, 11) is -7.19. The van der Waals surface area contributed by atoms with Crippen molar-refractivity contribution in [3.63, 3.8) is 0 Å². The van der Waals surface area contributed by atoms with Crippen LogP contribution in [-0.4, -0.2) is 40.8 Å². The van der Waals surface area contributed by atoms with Crippen LogP contribution >= 0.6 is 0 Å². The summed E-state index contributed by atoms with van der Waals surface area (Å²) in [5, 5.41) is 10.9. The van der Waals surface area contributed by atoms with Crippen molar-refractivity contribution >= 4 is 25.7 Å². The zero-order chi connectivity index (χ0) is 20.7. The number of aryl methyl sites for hydroxylation is 1. The molecule has 0 aromatic heterocycles. The highest BCUT2D eigenvalue weighted by Gasteiger charge is 2.37. The molecular weight excluding hydrogens is 412 g/mol. The summed E-state index contributed by atoms with van der Waals surface area (Å²) < 4.78 is 53.7. The predicted octanol–water partition coefficient (Wildman–Crippen LogP) is 1.73. The molecule has 0 saturated carbocycles. The topological polar surface area (TPSA) is 104 Å². The van der Waals surface area contributed by atoms with E-state index in [-0.39, 0.29) is 17.2 Å². The Hall–Kier alpha value is -1.94. The molecule has 156 valence electrons. The number of nitrogens with zero attached hydrogens (tertiary/aromatic N) is 1. The number of fused-ring (bicyclic) bond motifs is 1. The summed E-state index contributed by atoms with van der Waals surface area (Å²) >= 11 is 0. The molecule has 0 bridgehead atoms. The Morgan fingerprint density at radius 2 is 1.79 bits per heavy atom. The first-order valence-corrected chi connectivity index (χ1v) is 12.7. The molecule has 1 saturated heterocycles. The molecule has 2 aromatic carbocycles. The van der Waals surface area contributed by atoms with Crippen molar-refractivity contribution in [1.82, 2.24) is 4.72 Å². The summed E-state index contributed by atoms with van der Waals surface area (Å²) in [6.07, 6.45) is 2.58. The van der Waals surface area contributed by atoms with E-state index in [1.807, 2.05) is 24.3 Å². The zero-order valence-corrected chi connectivity index (χ0v) is 17.5. The largest absolute Gasteiger partial charge is 0.384 e. The number of nitrogens with one attached hydrogen (secondary N) is 1. The summed E-state index contributed by atoms with van der Waals surface area (Å²) in [5.41, 5.74) is 1.02. The molecule has 0 amide bonds. The van der Waals surface area contributed by atoms with Crippen molar-refractivity contribution in [2.24, 2.45) is 0 Å². The van der Waals surface area contributed by atoms with Crippen LogP contribution in [0.15, 0.2) is 53.4 Å². The fourth-order valence-corrected chi connectivity index (χ4v) is 6.75. The van der Waals surface area contributed by atoms with Gasteiger partial charge in [0.25, 0.3) is 0 Å². The van der Waals surface area contributed by atoms with E-state index >= 15 is 0 Å². The lowest BCUT2D eigenvalue weighted by Crippen LogP contribution is -2.39. The van der Waals surface area contributed by atoms with Crippen molar-refractivity contribution in [3.05, 3.63) is 59.7 Å². The molecular formula is C20H24N2O5S2. The Morgan fingerprint density at radius 3 is 2.52 bits per heavy atom. The van der Waals surface area contributed by atoms with Gasteiger partial charge in [0, 0.05) is 13.1 Å². The minimum atomic E-state index is -3.84. The highest BCUT2D eigenvalue weighted by Crippen LogP contribution is 2.36. The fraction of sp³-hybridized carbons (Fsp3) is 0.400. The molecule has 29 heavy (non-hydrogen) atoms. The minimum absolute atomic E-state index is 0.0329. The smallest absolute Gasteiger partial charge is 0.240 e. The van der Waals surface area contributed by atoms with Crippen LogP contribution in [0.25, 0.3) is 0 Å². The summed E-state index contributed by atoms with van der Waals surface area (Å²) in [5.74, 6) is 0.106. The third kappa shape index (κ3) is 3.92. The molecule has 0 spiro atoms. The SMILES string of the molecule is O=S(=O)(NC[C@]1(O)CCc2ccccc21)c1ccc(N2CCCCS2(=O)=O)cc1. The van der Waals surface area contributed by atoms with Gasteiger partial charge in [-0.1, -0.05) is 24.3 Å². The van der Waals surface area contributed by atoms with E-state index in [1.54, 1.807) is 0 Å². The molecule has 2 N–H and O–H groups in total. The van der Waals surface area contributed by atoms with Gasteiger partial charge in [-0.2, -0.15) is 0 Å². The third-order valence-corrected chi connectivity index (χ3v) is 8.95. The van der Waals surface area contributed by atoms with Crippen LogP contribution in [0.3, 0.4) is 0 Å². The zero-order valence-electron chi connectivity index (χ0n) is 15.9. The summed E-state index contributed by atoms with van der Waals surface area (Å²) in [6, 6.07) is 13.3. The van der Waals surface area contributed by atoms with Crippen molar-refractivity contribution < 1.29 is 21.9 Å². The van der Waals surface area contributed by atoms with Crippen LogP contribution in [-0.2, 0) is 32.1 Å². The van der Waals surface area contributed by atoms with Crippen LogP contribution < -0.4 is 9.03 Å². The third-order valence-electron chi connectivity index (χ3n) is 5.67. The standard InChI is InChI=1S/C20H24N2O5S2/c23-20(12-11-16-5-1-2-6-19(16)20)15-21-29(26,27)18-9-7-17(8-10-18)22-13-3-4-14-28(22,24)25/h1-2,5-10,21,23H,3-4,11-15H2/t20-/m1/s1. The van der Waals surface area contributed by atoms with Crippen LogP contribution in [0.4, 0.5) is 5.69 Å². The van der Waals surface area contributed by atoms with E-state index < -0.39 is 25.6 Å². The van der Waals surface area contributed by atoms with E-state index in [2.05, 4.69) is 4.72 Å². The molecule has 1 aliphatic heterocycles. The quantitative estimate of drug-likeness (QED) is 0.743. The maximum Gasteiger partial charge on any atom is 0.240 e. The molecule has 0 radical (unpaired) electrons. The number of hydrogen-bond donors (Lipinski definition) is 2. The van der Waals surface area contributed by atoms with E-state index in [9.17, 15) is 21.9 Å². The van der Waals surface area contributed by atoms with Crippen molar-refractivity contribution in [3.8, 4) is 0 Å². The Balaban J connectivity index is 1.50. The van der Waals surface area contributed by atoms with Gasteiger partial charge in [0.1, 0.15) is 5.60 Å². The summed E-state index contributed by atoms with van der Waals surface area (Å²) in [4.78, 5) is 0.0329. The predicted molar refractivity (Wildman–Crippen MR) is 111 cm³/mol. The highest BCUT2D eigenvalue weighted by molar-refractivity contribution is 7.92. The van der Waals surface area contributed by atoms with Gasteiger partial charge >= 0.3 is 0 Å². The molecule has 1 heterocycles. The van der Waals surface area contributed by atoms with Gasteiger partial charge in [0.15, 0.2) is 0 Å². The fourth-order valence-electron chi connectivity index (χ4n) is 4.02. The maximum atomic E-state index is 12.7. The molecule has 9 heteroatoms. The summed E-state index contributed by atoms with van der Waals surface area (Å²) in [6.45, 7) is 0.285. The first-order chi connectivity index (χ1) is 13.7. The molecule has 1 aliphatic carbocycles. The first-order valence-electron chi connectivity index (χ1n) is 9.62. The number of anilines is 1. The van der Waals surface area contributed by atoms with Gasteiger partial charge in [-0.05, 0) is 61.1 Å². The van der Waals surface area contributed by atoms with Gasteiger partial charge in [-0.3, -0.25) is 4.31 Å². The molecule has 1 atom stereocenters. The van der Waals surface area contributed by atoms with Gasteiger partial charge in [-0.25, -0.2) is 21.6 Å². The maximum absolute atomic E-state index is 12.7. The van der Waals surface area contributed by atoms with Gasteiger partial charge < -0.3 is 5.11 Å². The van der Waals surface area contributed by atoms with Crippen LogP contribution in [0.1, 0.15) is 30.4 Å². The lowest BCUT2D eigenvalue weighted by atomic mass is 9.96. The first kappa shape index (κ1) is 20.3. The average molecular weight is 437 g/mol. The van der Waals surface area contributed by atoms with Gasteiger partial charge in [0.2, 0.25) is 20.0 Å². The number of aliphatic hydroxyl groups is 1. The van der Waals surface area contributed by atoms with Crippen LogP contribution in [0.5, 0.6) is 0 Å². The molecule has 0 unspecified atom stereocenters. The van der Waals surface area contributed by atoms with E-state index in [4.69, 9.17) is 0 Å². The number of benzene rings is 2. The van der Waals surface area contributed by atoms with Crippen LogP contribution in [0.2, 0.25) is 0 Å². The highest BCUT2D eigenvalue weighted by atomic mass is 32.2. The van der Waals surface area contributed by atoms with E-state index in [0.717, 1.165) is 17.5 Å². The van der Waals surface area contributed by atoms with Gasteiger partial charge in [0.05, 0.1) is 16.3 Å². The van der Waals surface area contributed by atoms with Gasteiger partial charge in [-0.15, -0.1) is 0 Å². The Morgan fingerprint density at radius 1 is 1.07 bits per heavy atom. The second kappa shape index (κ2) is 7.39. The number of rotatable bonds is 5. The van der Waals surface area contributed by atoms with Crippen molar-refractivity contribution in [2.75, 3.05) is 23.1 Å². The van der Waals surface area contributed by atoms with Crippen molar-refractivity contribution in [1.29, 1.82) is 0 Å². The molecule has 2 aliphatic rings. The Labute approximate surface area is 171 Å². The molecule has 1 fully saturated rings. The Kier molecular flexibility index (Phi) is 5.18. The average Bonchev–Trinajstić information content (AvgIpc) is 3.04. The molecule has 2 aromatic rings. The minimum Gasteiger partial charge on any atom is -0.384 e. The molecule has 4 rings (SSSR count). The second-order valence-corrected chi connectivity index (χ2v) is 11.4. The van der Waals surface area contributed by atoms with E-state index in [1.165, 1.54) is 28.6 Å². The monoisotopic (exact) mass is 436 g/mol. The van der Waals surface area contributed by atoms with Crippen LogP contribution in [0, 0.1) is 0 Å². The number of hydrogen-bond acceptors (Lipinski definition) is 5. The Bertz CT molecular complexity index is 1110. The number of sulfonamides is 2. The van der Waals surface area contributed by atoms with Crippen molar-refractivity contribution in [2.45, 2.75) is 36.2 Å². The lowest BCUT2D eigenvalue weighted by molar-refractivity contribution is 0.0442. The second-order valence-electron chi connectivity index (χ2n) is 7.60. The normalized spacial score (nSPS) is 23.7. The van der Waals surface area contributed by atoms with E-state index in [0.29, 0.717) is 31.5 Å².